The lowest BCUT2D eigenvalue weighted by Gasteiger charge is -2.38. The van der Waals surface area contributed by atoms with Crippen molar-refractivity contribution in [3.8, 4) is 0 Å². The lowest BCUT2D eigenvalue weighted by molar-refractivity contribution is -0.152. The van der Waals surface area contributed by atoms with Gasteiger partial charge in [0.1, 0.15) is 12.2 Å². The molecule has 5 rings (SSSR count). The van der Waals surface area contributed by atoms with Gasteiger partial charge in [0.15, 0.2) is 6.10 Å². The zero-order chi connectivity index (χ0) is 16.3. The lowest BCUT2D eigenvalue weighted by atomic mass is 9.87. The monoisotopic (exact) mass is 318 g/mol. The van der Waals surface area contributed by atoms with Crippen LogP contribution in [0.1, 0.15) is 34.6 Å². The van der Waals surface area contributed by atoms with Gasteiger partial charge < -0.3 is 19.3 Å². The van der Waals surface area contributed by atoms with Crippen LogP contribution in [-0.2, 0) is 14.2 Å². The van der Waals surface area contributed by atoms with Gasteiger partial charge in [-0.3, -0.25) is 0 Å². The molecule has 6 heteroatoms. The van der Waals surface area contributed by atoms with E-state index in [2.05, 4.69) is 6.92 Å². The zero-order valence-corrected chi connectivity index (χ0v) is 12.8. The SMILES string of the molecule is C[C@H]1C2O[C@H]3[C@H](OC1[C@@H]3C)C2OC(=O)c1ccccc1C(=O)O. The predicted octanol–water partition coefficient (Wildman–Crippen LogP) is 1.73. The Hall–Kier alpha value is -1.92. The highest BCUT2D eigenvalue weighted by Gasteiger charge is 2.65. The number of carboxylic acid groups (broad SMARTS) is 1. The molecule has 1 aromatic rings. The zero-order valence-electron chi connectivity index (χ0n) is 12.8. The Kier molecular flexibility index (Phi) is 3.21. The summed E-state index contributed by atoms with van der Waals surface area (Å²) in [5.74, 6) is -1.37. The molecule has 4 fully saturated rings. The summed E-state index contributed by atoms with van der Waals surface area (Å²) in [7, 11) is 0. The second-order valence-electron chi connectivity index (χ2n) is 6.57. The van der Waals surface area contributed by atoms with Gasteiger partial charge in [-0.15, -0.1) is 0 Å². The summed E-state index contributed by atoms with van der Waals surface area (Å²) in [5, 5.41) is 9.21. The molecule has 1 N–H and O–H groups in total. The van der Waals surface area contributed by atoms with Crippen molar-refractivity contribution in [3.05, 3.63) is 35.4 Å². The van der Waals surface area contributed by atoms with Crippen LogP contribution in [0.2, 0.25) is 0 Å². The molecular weight excluding hydrogens is 300 g/mol. The molecule has 7 atom stereocenters. The van der Waals surface area contributed by atoms with Gasteiger partial charge in [-0.05, 0) is 12.1 Å². The lowest BCUT2D eigenvalue weighted by Crippen LogP contribution is -2.49. The van der Waals surface area contributed by atoms with Gasteiger partial charge in [0.2, 0.25) is 0 Å². The highest BCUT2D eigenvalue weighted by Crippen LogP contribution is 2.50. The summed E-state index contributed by atoms with van der Waals surface area (Å²) >= 11 is 0. The number of hydrogen-bond acceptors (Lipinski definition) is 5. The fourth-order valence-corrected chi connectivity index (χ4v) is 4.16. The van der Waals surface area contributed by atoms with Crippen molar-refractivity contribution >= 4 is 11.9 Å². The summed E-state index contributed by atoms with van der Waals surface area (Å²) in [5.41, 5.74) is -0.00812. The maximum Gasteiger partial charge on any atom is 0.339 e. The van der Waals surface area contributed by atoms with Crippen LogP contribution in [0.5, 0.6) is 0 Å². The van der Waals surface area contributed by atoms with Gasteiger partial charge >= 0.3 is 11.9 Å². The third-order valence-electron chi connectivity index (χ3n) is 5.29. The second-order valence-corrected chi connectivity index (χ2v) is 6.57. The minimum Gasteiger partial charge on any atom is -0.478 e. The number of carboxylic acids is 1. The maximum absolute atomic E-state index is 12.5. The predicted molar refractivity (Wildman–Crippen MR) is 78.3 cm³/mol. The van der Waals surface area contributed by atoms with Crippen molar-refractivity contribution < 1.29 is 28.9 Å². The first kappa shape index (κ1) is 14.7. The molecule has 4 aliphatic rings. The Morgan fingerprint density at radius 3 is 2.26 bits per heavy atom. The van der Waals surface area contributed by atoms with E-state index in [9.17, 15) is 14.7 Å². The molecule has 0 spiro atoms. The van der Waals surface area contributed by atoms with E-state index in [0.717, 1.165) is 0 Å². The first-order chi connectivity index (χ1) is 11.0. The number of benzene rings is 1. The summed E-state index contributed by atoms with van der Waals surface area (Å²) < 4.78 is 17.6. The highest BCUT2D eigenvalue weighted by molar-refractivity contribution is 6.02. The fourth-order valence-electron chi connectivity index (χ4n) is 4.16. The van der Waals surface area contributed by atoms with Gasteiger partial charge in [0, 0.05) is 11.8 Å². The Balaban J connectivity index is 1.58. The van der Waals surface area contributed by atoms with Crippen molar-refractivity contribution in [2.24, 2.45) is 11.8 Å². The second kappa shape index (κ2) is 5.04. The molecule has 4 saturated heterocycles. The van der Waals surface area contributed by atoms with Crippen LogP contribution < -0.4 is 0 Å². The molecule has 3 unspecified atom stereocenters. The molecule has 23 heavy (non-hydrogen) atoms. The Labute approximate surface area is 133 Å². The molecule has 0 aliphatic carbocycles. The minimum atomic E-state index is -1.15. The molecule has 4 aliphatic heterocycles. The Morgan fingerprint density at radius 1 is 0.957 bits per heavy atom. The molecule has 0 radical (unpaired) electrons. The minimum absolute atomic E-state index is 0.0475. The average Bonchev–Trinajstić information content (AvgIpc) is 2.96. The molecule has 4 bridgehead atoms. The quantitative estimate of drug-likeness (QED) is 0.855. The molecule has 0 aromatic heterocycles. The van der Waals surface area contributed by atoms with Crippen LogP contribution >= 0.6 is 0 Å². The first-order valence-electron chi connectivity index (χ1n) is 7.83. The number of ether oxygens (including phenoxy) is 3. The molecule has 1 aromatic carbocycles. The number of rotatable bonds is 3. The van der Waals surface area contributed by atoms with Crippen molar-refractivity contribution in [2.75, 3.05) is 0 Å². The van der Waals surface area contributed by atoms with E-state index in [1.54, 1.807) is 12.1 Å². The van der Waals surface area contributed by atoms with Crippen LogP contribution in [0.25, 0.3) is 0 Å². The number of esters is 1. The summed E-state index contributed by atoms with van der Waals surface area (Å²) in [6, 6.07) is 6.05. The Bertz CT molecular complexity index is 667. The summed E-state index contributed by atoms with van der Waals surface area (Å²) in [6.07, 6.45) is -0.817. The van der Waals surface area contributed by atoms with E-state index >= 15 is 0 Å². The number of aromatic carboxylic acids is 1. The smallest absolute Gasteiger partial charge is 0.339 e. The maximum atomic E-state index is 12.5. The first-order valence-corrected chi connectivity index (χ1v) is 7.83. The highest BCUT2D eigenvalue weighted by atomic mass is 16.6. The molecule has 6 nitrogen and oxygen atoms in total. The van der Waals surface area contributed by atoms with E-state index in [1.807, 2.05) is 6.92 Å². The van der Waals surface area contributed by atoms with Crippen molar-refractivity contribution in [1.29, 1.82) is 0 Å². The third-order valence-corrected chi connectivity index (χ3v) is 5.29. The van der Waals surface area contributed by atoms with Crippen LogP contribution in [0.4, 0.5) is 0 Å². The Morgan fingerprint density at radius 2 is 1.57 bits per heavy atom. The van der Waals surface area contributed by atoms with Crippen LogP contribution in [0.3, 0.4) is 0 Å². The van der Waals surface area contributed by atoms with Crippen LogP contribution in [0, 0.1) is 11.8 Å². The van der Waals surface area contributed by atoms with E-state index in [1.165, 1.54) is 12.1 Å². The number of carbonyl (C=O) groups excluding carboxylic acids is 1. The topological polar surface area (TPSA) is 82.1 Å². The van der Waals surface area contributed by atoms with E-state index in [4.69, 9.17) is 14.2 Å². The fraction of sp³-hybridized carbons (Fsp3) is 0.529. The molecule has 122 valence electrons. The van der Waals surface area contributed by atoms with Gasteiger partial charge in [0.05, 0.1) is 23.3 Å². The van der Waals surface area contributed by atoms with Crippen LogP contribution in [-0.4, -0.2) is 47.6 Å². The molecular formula is C17H18O6. The average molecular weight is 318 g/mol. The van der Waals surface area contributed by atoms with Gasteiger partial charge in [-0.1, -0.05) is 26.0 Å². The van der Waals surface area contributed by atoms with Gasteiger partial charge in [-0.25, -0.2) is 9.59 Å². The summed E-state index contributed by atoms with van der Waals surface area (Å²) in [4.78, 5) is 23.7. The van der Waals surface area contributed by atoms with E-state index in [0.29, 0.717) is 0 Å². The third kappa shape index (κ3) is 2.01. The standard InChI is InChI=1S/C17H18O6/c1-7-11-8(2)13-15(14(21-11)12(7)22-13)23-17(20)10-6-4-3-5-9(10)16(18)19/h3-8,11-15H,1-2H3,(H,18,19)/t7-,8+,11?,12+,13?,14-,15?/m0/s1. The van der Waals surface area contributed by atoms with E-state index in [-0.39, 0.29) is 47.4 Å². The van der Waals surface area contributed by atoms with Gasteiger partial charge in [-0.2, -0.15) is 0 Å². The number of carbonyl (C=O) groups is 2. The molecule has 0 amide bonds. The van der Waals surface area contributed by atoms with Crippen LogP contribution in [0.15, 0.2) is 24.3 Å². The largest absolute Gasteiger partial charge is 0.478 e. The molecule has 0 saturated carbocycles. The normalized spacial score (nSPS) is 40.3. The number of hydrogen-bond donors (Lipinski definition) is 1. The van der Waals surface area contributed by atoms with Crippen molar-refractivity contribution in [3.63, 3.8) is 0 Å². The van der Waals surface area contributed by atoms with Crippen molar-refractivity contribution in [2.45, 2.75) is 44.4 Å². The summed E-state index contributed by atoms with van der Waals surface area (Å²) in [6.45, 7) is 4.13. The van der Waals surface area contributed by atoms with E-state index < -0.39 is 18.0 Å². The van der Waals surface area contributed by atoms with Gasteiger partial charge in [0.25, 0.3) is 0 Å². The molecule has 4 heterocycles. The van der Waals surface area contributed by atoms with Crippen molar-refractivity contribution in [1.82, 2.24) is 0 Å².